The van der Waals surface area contributed by atoms with Crippen LogP contribution in [0, 0.1) is 0 Å². The Bertz CT molecular complexity index is 519. The molecule has 4 N–H and O–H groups in total. The van der Waals surface area contributed by atoms with Gasteiger partial charge in [-0.2, -0.15) is 0 Å². The molecular weight excluding hydrogens is 292 g/mol. The fourth-order valence-corrected chi connectivity index (χ4v) is 4.07. The van der Waals surface area contributed by atoms with Crippen molar-refractivity contribution in [3.05, 3.63) is 12.0 Å². The summed E-state index contributed by atoms with van der Waals surface area (Å²) in [5.41, 5.74) is 11.9. The van der Waals surface area contributed by atoms with E-state index in [1.165, 1.54) is 0 Å². The van der Waals surface area contributed by atoms with E-state index < -0.39 is 8.32 Å². The Morgan fingerprint density at radius 1 is 1.14 bits per heavy atom. The van der Waals surface area contributed by atoms with Gasteiger partial charge in [0, 0.05) is 12.0 Å². The molecule has 0 saturated heterocycles. The fraction of sp³-hybridized carbons (Fsp3) is 0.750. The minimum absolute atomic E-state index is 0.262. The molecule has 124 valence electrons. The molecule has 0 aliphatic heterocycles. The predicted octanol–water partition coefficient (Wildman–Crippen LogP) is 3.69. The van der Waals surface area contributed by atoms with Crippen LogP contribution < -0.4 is 11.5 Å². The van der Waals surface area contributed by atoms with E-state index in [0.717, 1.165) is 31.5 Å². The Hall–Kier alpha value is -1.14. The van der Waals surface area contributed by atoms with Crippen molar-refractivity contribution in [1.82, 2.24) is 9.97 Å². The number of nitrogens with zero attached hydrogens (tertiary/aromatic N) is 2. The summed E-state index contributed by atoms with van der Waals surface area (Å²) in [6.07, 6.45) is 6.26. The van der Waals surface area contributed by atoms with E-state index in [2.05, 4.69) is 43.8 Å². The van der Waals surface area contributed by atoms with Crippen molar-refractivity contribution in [3.63, 3.8) is 0 Å². The monoisotopic (exact) mass is 322 g/mol. The van der Waals surface area contributed by atoms with Crippen molar-refractivity contribution in [1.29, 1.82) is 0 Å². The Morgan fingerprint density at radius 3 is 2.23 bits per heavy atom. The number of hydrogen-bond donors (Lipinski definition) is 2. The average molecular weight is 323 g/mol. The van der Waals surface area contributed by atoms with Crippen molar-refractivity contribution < 1.29 is 4.43 Å². The van der Waals surface area contributed by atoms with Crippen LogP contribution in [0.25, 0.3) is 0 Å². The molecule has 6 heteroatoms. The highest BCUT2D eigenvalue weighted by atomic mass is 28.4. The molecule has 2 rings (SSSR count). The van der Waals surface area contributed by atoms with Crippen molar-refractivity contribution in [2.24, 2.45) is 0 Å². The van der Waals surface area contributed by atoms with Gasteiger partial charge in [0.05, 0.1) is 11.9 Å². The Morgan fingerprint density at radius 2 is 1.73 bits per heavy atom. The van der Waals surface area contributed by atoms with Crippen LogP contribution >= 0.6 is 0 Å². The molecule has 0 radical (unpaired) electrons. The minimum Gasteiger partial charge on any atom is -0.414 e. The largest absolute Gasteiger partial charge is 0.414 e. The zero-order valence-corrected chi connectivity index (χ0v) is 15.5. The number of hydrogen-bond acceptors (Lipinski definition) is 5. The van der Waals surface area contributed by atoms with Crippen molar-refractivity contribution in [3.8, 4) is 0 Å². The second kappa shape index (κ2) is 6.16. The summed E-state index contributed by atoms with van der Waals surface area (Å²) in [5.74, 6) is 1.60. The number of rotatable bonds is 3. The molecule has 1 aliphatic rings. The zero-order chi connectivity index (χ0) is 16.5. The van der Waals surface area contributed by atoms with Crippen LogP contribution in [0.5, 0.6) is 0 Å². The third-order valence-corrected chi connectivity index (χ3v) is 9.71. The summed E-state index contributed by atoms with van der Waals surface area (Å²) < 4.78 is 6.52. The van der Waals surface area contributed by atoms with Crippen LogP contribution in [0.1, 0.15) is 58.2 Å². The van der Waals surface area contributed by atoms with Gasteiger partial charge >= 0.3 is 0 Å². The van der Waals surface area contributed by atoms with E-state index in [1.54, 1.807) is 6.20 Å². The van der Waals surface area contributed by atoms with Crippen LogP contribution in [0.15, 0.2) is 6.20 Å². The third-order valence-electron chi connectivity index (χ3n) is 5.17. The first-order valence-corrected chi connectivity index (χ1v) is 11.1. The van der Waals surface area contributed by atoms with Crippen LogP contribution in [0.4, 0.5) is 11.5 Å². The van der Waals surface area contributed by atoms with Gasteiger partial charge in [-0.05, 0) is 43.8 Å². The normalized spacial score (nSPS) is 23.5. The van der Waals surface area contributed by atoms with E-state index >= 15 is 0 Å². The topological polar surface area (TPSA) is 87.0 Å². The highest BCUT2D eigenvalue weighted by Gasteiger charge is 2.40. The third kappa shape index (κ3) is 3.79. The van der Waals surface area contributed by atoms with Gasteiger partial charge in [0.2, 0.25) is 0 Å². The van der Waals surface area contributed by atoms with Crippen LogP contribution in [0.2, 0.25) is 18.1 Å². The van der Waals surface area contributed by atoms with Gasteiger partial charge in [0.25, 0.3) is 0 Å². The highest BCUT2D eigenvalue weighted by Crippen LogP contribution is 2.40. The van der Waals surface area contributed by atoms with Gasteiger partial charge < -0.3 is 15.9 Å². The summed E-state index contributed by atoms with van der Waals surface area (Å²) in [5, 5.41) is 0.262. The van der Waals surface area contributed by atoms with Crippen LogP contribution in [-0.4, -0.2) is 24.4 Å². The number of nitrogens with two attached hydrogens (primary N) is 2. The highest BCUT2D eigenvalue weighted by molar-refractivity contribution is 6.74. The maximum absolute atomic E-state index is 6.52. The lowest BCUT2D eigenvalue weighted by Gasteiger charge is -2.41. The van der Waals surface area contributed by atoms with Gasteiger partial charge in [0.1, 0.15) is 11.6 Å². The van der Waals surface area contributed by atoms with E-state index in [0.29, 0.717) is 23.5 Å². The van der Waals surface area contributed by atoms with Gasteiger partial charge in [-0.1, -0.05) is 20.8 Å². The molecule has 0 spiro atoms. The summed E-state index contributed by atoms with van der Waals surface area (Å²) in [7, 11) is -1.68. The van der Waals surface area contributed by atoms with E-state index in [9.17, 15) is 0 Å². The van der Waals surface area contributed by atoms with Gasteiger partial charge in [-0.15, -0.1) is 0 Å². The van der Waals surface area contributed by atoms with Gasteiger partial charge in [-0.25, -0.2) is 9.97 Å². The standard InChI is InChI=1S/C16H30N4OSi/c1-16(2,3)22(4,5)21-12-8-6-11(7-9-12)15-19-10-13(17)14(18)20-15/h10-12H,6-9,17H2,1-5H3,(H2,18,19,20). The quantitative estimate of drug-likeness (QED) is 0.829. The molecule has 5 nitrogen and oxygen atoms in total. The summed E-state index contributed by atoms with van der Waals surface area (Å²) in [6.45, 7) is 11.5. The van der Waals surface area contributed by atoms with Crippen molar-refractivity contribution in [2.75, 3.05) is 11.5 Å². The molecule has 0 atom stereocenters. The van der Waals surface area contributed by atoms with Crippen LogP contribution in [0.3, 0.4) is 0 Å². The first-order valence-electron chi connectivity index (χ1n) is 8.16. The maximum atomic E-state index is 6.52. The first-order chi connectivity index (χ1) is 10.1. The average Bonchev–Trinajstić information content (AvgIpc) is 2.41. The molecule has 0 bridgehead atoms. The summed E-state index contributed by atoms with van der Waals surface area (Å²) in [4.78, 5) is 8.70. The summed E-state index contributed by atoms with van der Waals surface area (Å²) >= 11 is 0. The van der Waals surface area contributed by atoms with Gasteiger partial charge in [-0.3, -0.25) is 0 Å². The van der Waals surface area contributed by atoms with E-state index in [-0.39, 0.29) is 5.04 Å². The van der Waals surface area contributed by atoms with Crippen molar-refractivity contribution in [2.45, 2.75) is 76.6 Å². The second-order valence-electron chi connectivity index (χ2n) is 7.92. The van der Waals surface area contributed by atoms with E-state index in [1.807, 2.05) is 0 Å². The second-order valence-corrected chi connectivity index (χ2v) is 12.7. The Balaban J connectivity index is 1.94. The Labute approximate surface area is 135 Å². The first kappa shape index (κ1) is 17.2. The minimum atomic E-state index is -1.68. The van der Waals surface area contributed by atoms with Gasteiger partial charge in [0.15, 0.2) is 8.32 Å². The molecule has 0 aromatic carbocycles. The molecule has 0 unspecified atom stereocenters. The smallest absolute Gasteiger partial charge is 0.192 e. The number of aromatic nitrogens is 2. The van der Waals surface area contributed by atoms with Crippen molar-refractivity contribution >= 4 is 19.8 Å². The molecule has 22 heavy (non-hydrogen) atoms. The SMILES string of the molecule is CC(C)(C)[Si](C)(C)OC1CCC(c2ncc(N)c(N)n2)CC1. The molecule has 1 aliphatic carbocycles. The molecule has 1 aromatic rings. The predicted molar refractivity (Wildman–Crippen MR) is 94.1 cm³/mol. The maximum Gasteiger partial charge on any atom is 0.192 e. The zero-order valence-electron chi connectivity index (χ0n) is 14.5. The molecule has 1 heterocycles. The Kier molecular flexibility index (Phi) is 4.82. The number of anilines is 2. The molecule has 0 amide bonds. The fourth-order valence-electron chi connectivity index (χ4n) is 2.65. The van der Waals surface area contributed by atoms with Crippen LogP contribution in [-0.2, 0) is 4.43 Å². The van der Waals surface area contributed by atoms with E-state index in [4.69, 9.17) is 15.9 Å². The molecule has 1 aromatic heterocycles. The lowest BCUT2D eigenvalue weighted by Crippen LogP contribution is -2.44. The molecular formula is C16H30N4OSi. The lowest BCUT2D eigenvalue weighted by atomic mass is 9.87. The molecule has 1 saturated carbocycles. The summed E-state index contributed by atoms with van der Waals surface area (Å²) in [6, 6.07) is 0. The molecule has 1 fully saturated rings. The number of nitrogen functional groups attached to an aromatic ring is 2. The lowest BCUT2D eigenvalue weighted by molar-refractivity contribution is 0.129.